The fraction of sp³-hybridized carbons (Fsp3) is 0.0299. The van der Waals surface area contributed by atoms with Crippen LogP contribution >= 0.6 is 0 Å². The Hall–Kier alpha value is -8.63. The molecule has 0 aliphatic heterocycles. The van der Waals surface area contributed by atoms with Gasteiger partial charge < -0.3 is 4.57 Å². The van der Waals surface area contributed by atoms with Crippen LogP contribution in [-0.4, -0.2) is 17.6 Å². The van der Waals surface area contributed by atoms with Crippen LogP contribution in [0.15, 0.2) is 267 Å². The Morgan fingerprint density at radius 1 is 0.386 bits per heavy atom. The van der Waals surface area contributed by atoms with E-state index in [1.807, 2.05) is 42.5 Å². The molecule has 3 heteroatoms. The number of benzene rings is 10. The fourth-order valence-electron chi connectivity index (χ4n) is 12.2. The maximum atomic E-state index is 9.80. The molecule has 2 aromatic heterocycles. The third-order valence-electron chi connectivity index (χ3n) is 15.0. The maximum Gasteiger partial charge on any atom is 0.179 e. The van der Waals surface area contributed by atoms with Crippen LogP contribution in [0, 0.1) is 0 Å². The quantitative estimate of drug-likeness (QED) is 0.110. The number of para-hydroxylation sites is 2. The first-order chi connectivity index (χ1) is 36.8. The van der Waals surface area contributed by atoms with Crippen LogP contribution in [-0.2, 0) is 0 Å². The molecule has 3 aliphatic carbocycles. The van der Waals surface area contributed by atoms with Gasteiger partial charge in [-0.1, -0.05) is 236 Å². The summed E-state index contributed by atoms with van der Waals surface area (Å²) < 4.78 is 49.0. The monoisotopic (exact) mass is 911 g/mol. The maximum absolute atomic E-state index is 9.80. The van der Waals surface area contributed by atoms with E-state index in [4.69, 9.17) is 9.10 Å². The molecule has 2 unspecified atom stereocenters. The zero-order valence-corrected chi connectivity index (χ0v) is 39.1. The Labute approximate surface area is 416 Å². The van der Waals surface area contributed by atoms with Crippen molar-refractivity contribution < 1.29 is 6.85 Å². The van der Waals surface area contributed by atoms with E-state index in [0.717, 1.165) is 71.5 Å². The van der Waals surface area contributed by atoms with Crippen LogP contribution < -0.4 is 20.7 Å². The highest BCUT2D eigenvalue weighted by Crippen LogP contribution is 2.57. The molecule has 0 fully saturated rings. The summed E-state index contributed by atoms with van der Waals surface area (Å²) in [5.41, 5.74) is 16.5. The van der Waals surface area contributed by atoms with Crippen molar-refractivity contribution in [2.45, 2.75) is 11.8 Å². The van der Waals surface area contributed by atoms with E-state index < -0.39 is 14.1 Å². The minimum Gasteiger partial charge on any atom is -0.309 e. The van der Waals surface area contributed by atoms with Crippen molar-refractivity contribution in [2.24, 2.45) is 0 Å². The lowest BCUT2D eigenvalue weighted by atomic mass is 9.60. The van der Waals surface area contributed by atoms with Gasteiger partial charge in [0.1, 0.15) is 0 Å². The lowest BCUT2D eigenvalue weighted by Gasteiger charge is -2.47. The smallest absolute Gasteiger partial charge is 0.179 e. The minimum absolute atomic E-state index is 0.115. The van der Waals surface area contributed by atoms with Gasteiger partial charge in [0.2, 0.25) is 0 Å². The van der Waals surface area contributed by atoms with Gasteiger partial charge in [0, 0.05) is 33.7 Å². The van der Waals surface area contributed by atoms with Crippen LogP contribution in [0.1, 0.15) is 52.1 Å². The summed E-state index contributed by atoms with van der Waals surface area (Å²) in [5, 5.41) is 5.68. The fourth-order valence-corrected chi connectivity index (χ4v) is 16.9. The molecule has 0 saturated heterocycles. The van der Waals surface area contributed by atoms with E-state index in [1.165, 1.54) is 38.6 Å². The summed E-state index contributed by atoms with van der Waals surface area (Å²) in [7, 11) is -3.79. The predicted molar refractivity (Wildman–Crippen MR) is 293 cm³/mol. The molecular formula is C67H46N2Si. The molecule has 15 rings (SSSR count). The summed E-state index contributed by atoms with van der Waals surface area (Å²) in [6.45, 7) is 0. The lowest BCUT2D eigenvalue weighted by Crippen LogP contribution is -2.75. The number of hydrogen-bond donors (Lipinski definition) is 0. The number of hydrogen-bond acceptors (Lipinski definition) is 1. The first-order valence-electron chi connectivity index (χ1n) is 26.5. The normalized spacial score (nSPS) is 15.6. The highest BCUT2D eigenvalue weighted by Gasteiger charge is 2.49. The van der Waals surface area contributed by atoms with E-state index in [2.05, 4.69) is 199 Å². The Bertz CT molecular complexity index is 4150. The Balaban J connectivity index is 1.01. The van der Waals surface area contributed by atoms with E-state index >= 15 is 0 Å². The molecular weight excluding hydrogens is 861 g/mol. The summed E-state index contributed by atoms with van der Waals surface area (Å²) in [4.78, 5) is 5.44. The molecule has 12 aromatic rings. The highest BCUT2D eigenvalue weighted by molar-refractivity contribution is 7.20. The van der Waals surface area contributed by atoms with E-state index in [9.17, 15) is 2.74 Å². The largest absolute Gasteiger partial charge is 0.309 e. The number of aromatic nitrogens is 2. The topological polar surface area (TPSA) is 17.8 Å². The van der Waals surface area contributed by atoms with Gasteiger partial charge in [-0.05, 0) is 95.6 Å². The van der Waals surface area contributed by atoms with Crippen LogP contribution in [0.2, 0.25) is 0 Å². The molecule has 2 nitrogen and oxygen atoms in total. The molecule has 70 heavy (non-hydrogen) atoms. The van der Waals surface area contributed by atoms with Gasteiger partial charge in [0.25, 0.3) is 0 Å². The van der Waals surface area contributed by atoms with Gasteiger partial charge in [-0.3, -0.25) is 0 Å². The van der Waals surface area contributed by atoms with E-state index in [0.29, 0.717) is 5.19 Å². The van der Waals surface area contributed by atoms with Crippen LogP contribution in [0.25, 0.3) is 61.1 Å². The second kappa shape index (κ2) is 16.3. The number of pyridine rings is 1. The average Bonchev–Trinajstić information content (AvgIpc) is 3.94. The van der Waals surface area contributed by atoms with E-state index in [1.54, 1.807) is 0 Å². The van der Waals surface area contributed by atoms with Gasteiger partial charge >= 0.3 is 0 Å². The van der Waals surface area contributed by atoms with E-state index in [-0.39, 0.29) is 36.0 Å². The SMILES string of the molecule is [2H]c1c([2H])c([2H])c([Si](c2ccccc2)(c2ccccc2)c2cccc3c2C2c4ccccc4C3c3cccc(-c4cccc(-c5cc(-n6c7ccccc7c7ccccc76)cc(-c6ccccc6)n5)c4)c32)c([2H])c1[2H]. The molecule has 0 radical (unpaired) electrons. The average molecular weight is 912 g/mol. The zero-order chi connectivity index (χ0) is 50.5. The molecule has 0 saturated carbocycles. The lowest BCUT2D eigenvalue weighted by molar-refractivity contribution is 0.760. The summed E-state index contributed by atoms with van der Waals surface area (Å²) in [5.74, 6) is -0.367. The van der Waals surface area contributed by atoms with Crippen LogP contribution in [0.5, 0.6) is 0 Å². The van der Waals surface area contributed by atoms with Gasteiger partial charge in [-0.25, -0.2) is 4.98 Å². The molecule has 328 valence electrons. The Kier molecular flexibility index (Phi) is 8.25. The van der Waals surface area contributed by atoms with Crippen molar-refractivity contribution >= 4 is 50.6 Å². The number of rotatable bonds is 8. The zero-order valence-electron chi connectivity index (χ0n) is 43.1. The standard InChI is InChI=1S/C67H46N2Si/c1-5-22-45(23-6-1)59-43-48(69-61-39-17-15-32-53(61)54-33-16-18-40-62(54)69)44-60(68-59)47-25-19-24-46(42-47)52-36-20-37-57-64-55-34-13-14-35-56(55)67(65(52)57)66-58(64)38-21-41-63(66)70(49-26-7-2-8-27-49,50-28-9-3-10-29-50)51-30-11-4-12-31-51/h1-44,64,67H/i2D,7D,8D,26D,27D. The predicted octanol–water partition coefficient (Wildman–Crippen LogP) is 13.5. The van der Waals surface area contributed by atoms with Gasteiger partial charge in [0.05, 0.1) is 35.0 Å². The summed E-state index contributed by atoms with van der Waals surface area (Å²) in [6, 6.07) is 82.2. The highest BCUT2D eigenvalue weighted by atomic mass is 28.3. The molecule has 0 amide bonds. The van der Waals surface area contributed by atoms with Crippen LogP contribution in [0.3, 0.4) is 0 Å². The molecule has 3 aliphatic rings. The summed E-state index contributed by atoms with van der Waals surface area (Å²) >= 11 is 0. The van der Waals surface area contributed by atoms with Gasteiger partial charge in [-0.15, -0.1) is 0 Å². The first kappa shape index (κ1) is 35.5. The number of nitrogens with zero attached hydrogens (tertiary/aromatic N) is 2. The van der Waals surface area contributed by atoms with Crippen molar-refractivity contribution in [1.29, 1.82) is 0 Å². The molecule has 2 bridgehead atoms. The van der Waals surface area contributed by atoms with Crippen molar-refractivity contribution in [3.05, 3.63) is 300 Å². The third kappa shape index (κ3) is 6.08. The minimum atomic E-state index is -3.79. The second-order valence-electron chi connectivity index (χ2n) is 18.5. The molecule has 0 spiro atoms. The van der Waals surface area contributed by atoms with Crippen molar-refractivity contribution in [3.63, 3.8) is 0 Å². The molecule has 10 aromatic carbocycles. The van der Waals surface area contributed by atoms with Crippen molar-refractivity contribution in [2.75, 3.05) is 0 Å². The second-order valence-corrected chi connectivity index (χ2v) is 22.2. The Morgan fingerprint density at radius 3 is 1.56 bits per heavy atom. The third-order valence-corrected chi connectivity index (χ3v) is 19.6. The number of fused-ring (bicyclic) bond motifs is 3. The molecule has 2 heterocycles. The van der Waals surface area contributed by atoms with Crippen molar-refractivity contribution in [3.8, 4) is 39.3 Å². The first-order valence-corrected chi connectivity index (χ1v) is 26.0. The van der Waals surface area contributed by atoms with Gasteiger partial charge in [0.15, 0.2) is 8.07 Å². The molecule has 0 N–H and O–H groups in total. The van der Waals surface area contributed by atoms with Crippen molar-refractivity contribution in [1.82, 2.24) is 9.55 Å². The Morgan fingerprint density at radius 2 is 0.886 bits per heavy atom. The van der Waals surface area contributed by atoms with Gasteiger partial charge in [-0.2, -0.15) is 0 Å². The molecule has 2 atom stereocenters. The van der Waals surface area contributed by atoms with Crippen LogP contribution in [0.4, 0.5) is 0 Å². The summed E-state index contributed by atoms with van der Waals surface area (Å²) in [6.07, 6.45) is 0.